The molecule has 5 heterocycles. The maximum Gasteiger partial charge on any atom is 0.433 e. The number of likely N-dealkylation sites (tertiary alicyclic amines) is 1. The molecule has 1 aliphatic carbocycles. The fraction of sp³-hybridized carbons (Fsp3) is 0.357. The van der Waals surface area contributed by atoms with Gasteiger partial charge in [0.15, 0.2) is 0 Å². The molecule has 10 nitrogen and oxygen atoms in total. The molecule has 0 aromatic carbocycles. The Labute approximate surface area is 233 Å². The third kappa shape index (κ3) is 5.24. The fourth-order valence-electron chi connectivity index (χ4n) is 5.10. The van der Waals surface area contributed by atoms with E-state index in [-0.39, 0.29) is 23.8 Å². The van der Waals surface area contributed by atoms with E-state index in [1.165, 1.54) is 10.7 Å². The molecule has 6 rings (SSSR count). The Kier molecular flexibility index (Phi) is 6.29. The number of alkyl halides is 3. The van der Waals surface area contributed by atoms with Crippen molar-refractivity contribution in [1.82, 2.24) is 34.6 Å². The molecule has 3 atom stereocenters. The summed E-state index contributed by atoms with van der Waals surface area (Å²) in [6.45, 7) is 6.47. The summed E-state index contributed by atoms with van der Waals surface area (Å²) >= 11 is 0. The second-order valence-electron chi connectivity index (χ2n) is 11.0. The molecule has 0 unspecified atom stereocenters. The Bertz CT molecular complexity index is 1590. The number of ether oxygens (including phenoxy) is 1. The van der Waals surface area contributed by atoms with Gasteiger partial charge in [-0.2, -0.15) is 18.3 Å². The molecule has 1 amide bonds. The van der Waals surface area contributed by atoms with E-state index < -0.39 is 17.4 Å². The van der Waals surface area contributed by atoms with Crippen molar-refractivity contribution in [3.05, 3.63) is 77.6 Å². The Morgan fingerprint density at radius 2 is 1.78 bits per heavy atom. The minimum Gasteiger partial charge on any atom is -0.474 e. The summed E-state index contributed by atoms with van der Waals surface area (Å²) in [7, 11) is 0. The van der Waals surface area contributed by atoms with Crippen LogP contribution in [0.4, 0.5) is 13.2 Å². The second kappa shape index (κ2) is 9.61. The highest BCUT2D eigenvalue weighted by Gasteiger charge is 2.59. The third-order valence-electron chi connectivity index (χ3n) is 7.44. The topological polar surface area (TPSA) is 125 Å². The van der Waals surface area contributed by atoms with Gasteiger partial charge in [0.05, 0.1) is 17.0 Å². The van der Waals surface area contributed by atoms with Crippen LogP contribution in [0.15, 0.2) is 55.1 Å². The normalized spacial score (nSPS) is 20.2. The average Bonchev–Trinajstić information content (AvgIpc) is 3.25. The fourth-order valence-corrected chi connectivity index (χ4v) is 5.10. The van der Waals surface area contributed by atoms with Crippen LogP contribution in [0.1, 0.15) is 41.2 Å². The molecule has 4 aromatic rings. The quantitative estimate of drug-likeness (QED) is 0.375. The lowest BCUT2D eigenvalue weighted by molar-refractivity contribution is -0.141. The minimum atomic E-state index is -4.53. The summed E-state index contributed by atoms with van der Waals surface area (Å²) in [5, 5.41) is 4.39. The van der Waals surface area contributed by atoms with Crippen molar-refractivity contribution in [2.45, 2.75) is 38.6 Å². The first-order valence-corrected chi connectivity index (χ1v) is 13.0. The molecule has 0 bridgehead atoms. The van der Waals surface area contributed by atoms with E-state index in [1.807, 2.05) is 13.8 Å². The van der Waals surface area contributed by atoms with Gasteiger partial charge in [0.25, 0.3) is 5.91 Å². The number of fused-ring (bicyclic) bond motifs is 1. The number of pyridine rings is 2. The highest BCUT2D eigenvalue weighted by Crippen LogP contribution is 2.48. The SMILES string of the molecule is Cc1nn(-c2ncccn2)cc1C(=O)N1C[C@@H]2[C@H](C1)[C@@H]2Oc1cc(C(C)(C)N)cc(-c2ccc(C(F)(F)F)nc2)n1. The van der Waals surface area contributed by atoms with E-state index in [2.05, 4.69) is 25.0 Å². The van der Waals surface area contributed by atoms with Gasteiger partial charge in [-0.25, -0.2) is 19.6 Å². The smallest absolute Gasteiger partial charge is 0.433 e. The number of nitrogens with two attached hydrogens (primary N) is 1. The molecular weight excluding hydrogens is 537 g/mol. The van der Waals surface area contributed by atoms with Crippen molar-refractivity contribution in [3.8, 4) is 23.1 Å². The number of aryl methyl sites for hydroxylation is 1. The van der Waals surface area contributed by atoms with Crippen molar-refractivity contribution < 1.29 is 22.7 Å². The van der Waals surface area contributed by atoms with Gasteiger partial charge < -0.3 is 15.4 Å². The molecule has 2 aliphatic rings. The van der Waals surface area contributed by atoms with E-state index in [4.69, 9.17) is 10.5 Å². The van der Waals surface area contributed by atoms with E-state index in [1.54, 1.807) is 48.6 Å². The summed E-state index contributed by atoms with van der Waals surface area (Å²) in [6.07, 6.45) is 1.34. The number of halogens is 3. The van der Waals surface area contributed by atoms with Crippen LogP contribution in [0.2, 0.25) is 0 Å². The summed E-state index contributed by atoms with van der Waals surface area (Å²) in [5.41, 5.74) is 7.25. The largest absolute Gasteiger partial charge is 0.474 e. The standard InChI is InChI=1S/C28H27F3N8O2/c1-15-18(14-39(37-15)26-33-7-4-8-34-26)25(40)38-12-19-20(13-38)24(19)41-23-10-17(27(2,3)32)9-21(36-23)16-5-6-22(35-11-16)28(29,30)31/h4-11,14,19-20,24H,12-13,32H2,1-3H3/t19-,20+,24-. The molecule has 0 radical (unpaired) electrons. The monoisotopic (exact) mass is 564 g/mol. The molecule has 212 valence electrons. The molecule has 2 fully saturated rings. The third-order valence-corrected chi connectivity index (χ3v) is 7.44. The molecule has 1 aliphatic heterocycles. The van der Waals surface area contributed by atoms with Crippen LogP contribution in [0.5, 0.6) is 5.88 Å². The lowest BCUT2D eigenvalue weighted by atomic mass is 9.95. The van der Waals surface area contributed by atoms with Crippen molar-refractivity contribution >= 4 is 5.91 Å². The lowest BCUT2D eigenvalue weighted by Crippen LogP contribution is -2.33. The molecule has 0 spiro atoms. The second-order valence-corrected chi connectivity index (χ2v) is 11.0. The van der Waals surface area contributed by atoms with Crippen LogP contribution in [0, 0.1) is 18.8 Å². The van der Waals surface area contributed by atoms with Crippen molar-refractivity contribution in [2.75, 3.05) is 13.1 Å². The van der Waals surface area contributed by atoms with Crippen molar-refractivity contribution in [1.29, 1.82) is 0 Å². The number of carbonyl (C=O) groups excluding carboxylic acids is 1. The Morgan fingerprint density at radius 3 is 2.39 bits per heavy atom. The van der Waals surface area contributed by atoms with E-state index in [0.717, 1.165) is 17.8 Å². The maximum absolute atomic E-state index is 13.3. The highest BCUT2D eigenvalue weighted by atomic mass is 19.4. The lowest BCUT2D eigenvalue weighted by Gasteiger charge is -2.22. The maximum atomic E-state index is 13.3. The van der Waals surface area contributed by atoms with Crippen molar-refractivity contribution in [2.24, 2.45) is 17.6 Å². The van der Waals surface area contributed by atoms with Gasteiger partial charge >= 0.3 is 6.18 Å². The number of hydrogen-bond acceptors (Lipinski definition) is 8. The predicted molar refractivity (Wildman–Crippen MR) is 141 cm³/mol. The summed E-state index contributed by atoms with van der Waals surface area (Å²) < 4.78 is 46.7. The molecular formula is C28H27F3N8O2. The van der Waals surface area contributed by atoms with Crippen LogP contribution >= 0.6 is 0 Å². The first kappa shape index (κ1) is 26.8. The first-order chi connectivity index (χ1) is 19.4. The number of rotatable bonds is 6. The zero-order chi connectivity index (χ0) is 29.1. The van der Waals surface area contributed by atoms with Gasteiger partial charge in [0.1, 0.15) is 11.8 Å². The average molecular weight is 565 g/mol. The van der Waals surface area contributed by atoms with Crippen LogP contribution in [0.3, 0.4) is 0 Å². The van der Waals surface area contributed by atoms with Crippen LogP contribution < -0.4 is 10.5 Å². The van der Waals surface area contributed by atoms with Gasteiger partial charge in [-0.1, -0.05) is 0 Å². The number of hydrogen-bond donors (Lipinski definition) is 1. The Hall–Kier alpha value is -4.39. The summed E-state index contributed by atoms with van der Waals surface area (Å²) in [4.78, 5) is 31.5. The zero-order valence-electron chi connectivity index (χ0n) is 22.5. The van der Waals surface area contributed by atoms with Gasteiger partial charge in [-0.15, -0.1) is 0 Å². The number of piperidine rings is 1. The Balaban J connectivity index is 1.16. The van der Waals surface area contributed by atoms with Crippen molar-refractivity contribution in [3.63, 3.8) is 0 Å². The minimum absolute atomic E-state index is 0.113. The van der Waals surface area contributed by atoms with Gasteiger partial charge in [-0.3, -0.25) is 9.78 Å². The summed E-state index contributed by atoms with van der Waals surface area (Å²) in [5.74, 6) is 0.874. The van der Waals surface area contributed by atoms with Crippen LogP contribution in [0.25, 0.3) is 17.2 Å². The molecule has 4 aromatic heterocycles. The molecule has 2 N–H and O–H groups in total. The first-order valence-electron chi connectivity index (χ1n) is 13.0. The van der Waals surface area contributed by atoms with E-state index in [0.29, 0.717) is 47.4 Å². The van der Waals surface area contributed by atoms with Crippen LogP contribution in [-0.2, 0) is 11.7 Å². The van der Waals surface area contributed by atoms with E-state index >= 15 is 0 Å². The predicted octanol–water partition coefficient (Wildman–Crippen LogP) is 3.79. The highest BCUT2D eigenvalue weighted by molar-refractivity contribution is 5.95. The molecule has 13 heteroatoms. The van der Waals surface area contributed by atoms with Crippen LogP contribution in [-0.4, -0.2) is 59.7 Å². The number of carbonyl (C=O) groups is 1. The number of nitrogens with zero attached hydrogens (tertiary/aromatic N) is 7. The van der Waals surface area contributed by atoms with Gasteiger partial charge in [-0.05, 0) is 50.6 Å². The number of amides is 1. The Morgan fingerprint density at radius 1 is 1.07 bits per heavy atom. The molecule has 41 heavy (non-hydrogen) atoms. The zero-order valence-corrected chi connectivity index (χ0v) is 22.5. The van der Waals surface area contributed by atoms with Gasteiger partial charge in [0, 0.05) is 66.9 Å². The summed E-state index contributed by atoms with van der Waals surface area (Å²) in [6, 6.07) is 7.44. The number of aromatic nitrogens is 6. The molecule has 1 saturated heterocycles. The van der Waals surface area contributed by atoms with E-state index in [9.17, 15) is 18.0 Å². The van der Waals surface area contributed by atoms with Gasteiger partial charge in [0.2, 0.25) is 11.8 Å². The molecule has 1 saturated carbocycles.